The molecule has 0 atom stereocenters. The minimum absolute atomic E-state index is 0.128. The fourth-order valence-corrected chi connectivity index (χ4v) is 4.18. The predicted molar refractivity (Wildman–Crippen MR) is 101 cm³/mol. The van der Waals surface area contributed by atoms with Crippen molar-refractivity contribution in [1.29, 1.82) is 0 Å². The van der Waals surface area contributed by atoms with E-state index in [1.54, 1.807) is 18.2 Å². The van der Waals surface area contributed by atoms with Gasteiger partial charge in [-0.05, 0) is 55.7 Å². The quantitative estimate of drug-likeness (QED) is 0.581. The van der Waals surface area contributed by atoms with Gasteiger partial charge < -0.3 is 14.2 Å². The highest BCUT2D eigenvalue weighted by atomic mass is 19.1. The molecule has 150 valence electrons. The maximum Gasteiger partial charge on any atom is 0.165 e. The Kier molecular flexibility index (Phi) is 6.88. The zero-order valence-corrected chi connectivity index (χ0v) is 16.1. The maximum absolute atomic E-state index is 14.4. The van der Waals surface area contributed by atoms with Gasteiger partial charge >= 0.3 is 0 Å². The Morgan fingerprint density at radius 2 is 1.93 bits per heavy atom. The molecule has 2 fully saturated rings. The molecule has 2 aliphatic rings. The van der Waals surface area contributed by atoms with Gasteiger partial charge in [0, 0.05) is 5.92 Å². The van der Waals surface area contributed by atoms with Crippen molar-refractivity contribution in [3.05, 3.63) is 42.2 Å². The summed E-state index contributed by atoms with van der Waals surface area (Å²) in [5, 5.41) is 0. The number of alkyl halides is 1. The van der Waals surface area contributed by atoms with Crippen molar-refractivity contribution in [2.24, 2.45) is 5.92 Å². The van der Waals surface area contributed by atoms with Crippen molar-refractivity contribution in [2.45, 2.75) is 63.3 Å². The summed E-state index contributed by atoms with van der Waals surface area (Å²) in [4.78, 5) is 0. The molecule has 0 bridgehead atoms. The lowest BCUT2D eigenvalue weighted by Crippen LogP contribution is -2.46. The first-order valence-corrected chi connectivity index (χ1v) is 10.00. The molecule has 0 amide bonds. The van der Waals surface area contributed by atoms with Gasteiger partial charge in [-0.15, -0.1) is 0 Å². The van der Waals surface area contributed by atoms with E-state index in [4.69, 9.17) is 14.2 Å². The second-order valence-electron chi connectivity index (χ2n) is 7.79. The minimum atomic E-state index is -1.34. The van der Waals surface area contributed by atoms with Crippen molar-refractivity contribution in [3.63, 3.8) is 0 Å². The third kappa shape index (κ3) is 5.08. The molecule has 0 N–H and O–H groups in total. The van der Waals surface area contributed by atoms with Gasteiger partial charge in [0.2, 0.25) is 0 Å². The van der Waals surface area contributed by atoms with Gasteiger partial charge in [0.15, 0.2) is 23.5 Å². The fraction of sp³-hybridized carbons (Fsp3) is 0.636. The van der Waals surface area contributed by atoms with Crippen LogP contribution in [-0.2, 0) is 9.47 Å². The molecule has 1 aliphatic carbocycles. The fourth-order valence-electron chi connectivity index (χ4n) is 4.18. The van der Waals surface area contributed by atoms with Gasteiger partial charge in [-0.1, -0.05) is 32.1 Å². The summed E-state index contributed by atoms with van der Waals surface area (Å²) in [6.45, 7) is 6.09. The Hall–Kier alpha value is -1.46. The zero-order valence-electron chi connectivity index (χ0n) is 16.1. The lowest BCUT2D eigenvalue weighted by atomic mass is 9.78. The first-order valence-electron chi connectivity index (χ1n) is 10.00. The first kappa shape index (κ1) is 20.3. The molecule has 1 saturated carbocycles. The second-order valence-corrected chi connectivity index (χ2v) is 7.79. The van der Waals surface area contributed by atoms with Crippen molar-refractivity contribution in [2.75, 3.05) is 19.8 Å². The summed E-state index contributed by atoms with van der Waals surface area (Å²) in [7, 11) is 0. The summed E-state index contributed by atoms with van der Waals surface area (Å²) < 4.78 is 45.4. The molecule has 0 radical (unpaired) electrons. The van der Waals surface area contributed by atoms with E-state index in [1.807, 2.05) is 13.0 Å². The van der Waals surface area contributed by atoms with E-state index in [0.29, 0.717) is 18.9 Å². The highest BCUT2D eigenvalue weighted by Crippen LogP contribution is 2.40. The Bertz CT molecular complexity index is 618. The molecule has 1 heterocycles. The molecule has 3 rings (SSSR count). The SMILES string of the molecule is C=CCOc1ccc(C2CCC(C3OCC(F)(CCC)CO3)CC2)cc1F. The van der Waals surface area contributed by atoms with Crippen molar-refractivity contribution in [1.82, 2.24) is 0 Å². The molecule has 3 nitrogen and oxygen atoms in total. The zero-order chi connectivity index (χ0) is 19.3. The molecule has 1 aromatic rings. The summed E-state index contributed by atoms with van der Waals surface area (Å²) >= 11 is 0. The molecule has 0 aromatic heterocycles. The normalized spacial score (nSPS) is 31.4. The van der Waals surface area contributed by atoms with Crippen LogP contribution in [0.25, 0.3) is 0 Å². The molecule has 5 heteroatoms. The van der Waals surface area contributed by atoms with E-state index >= 15 is 0 Å². The van der Waals surface area contributed by atoms with Crippen LogP contribution >= 0.6 is 0 Å². The number of halogens is 2. The third-order valence-corrected chi connectivity index (χ3v) is 5.65. The van der Waals surface area contributed by atoms with E-state index in [9.17, 15) is 8.78 Å². The number of benzene rings is 1. The van der Waals surface area contributed by atoms with Crippen molar-refractivity contribution in [3.8, 4) is 5.75 Å². The standard InChI is InChI=1S/C22H30F2O3/c1-3-11-22(24)14-26-21(27-15-22)17-7-5-16(6-8-17)18-9-10-20(19(23)13-18)25-12-4-2/h4,9-10,13,16-17,21H,2-3,5-8,11-12,14-15H2,1H3. The summed E-state index contributed by atoms with van der Waals surface area (Å²) in [6, 6.07) is 5.23. The van der Waals surface area contributed by atoms with Gasteiger partial charge in [0.25, 0.3) is 0 Å². The third-order valence-electron chi connectivity index (χ3n) is 5.65. The average Bonchev–Trinajstić information content (AvgIpc) is 2.68. The van der Waals surface area contributed by atoms with Crippen LogP contribution in [0.3, 0.4) is 0 Å². The lowest BCUT2D eigenvalue weighted by molar-refractivity contribution is -0.257. The lowest BCUT2D eigenvalue weighted by Gasteiger charge is -2.40. The molecule has 0 unspecified atom stereocenters. The topological polar surface area (TPSA) is 27.7 Å². The predicted octanol–water partition coefficient (Wildman–Crippen LogP) is 5.55. The monoisotopic (exact) mass is 380 g/mol. The van der Waals surface area contributed by atoms with Gasteiger partial charge in [0.1, 0.15) is 6.61 Å². The molecule has 0 spiro atoms. The highest BCUT2D eigenvalue weighted by molar-refractivity contribution is 5.31. The first-order chi connectivity index (χ1) is 13.0. The molecular weight excluding hydrogens is 350 g/mol. The van der Waals surface area contributed by atoms with Gasteiger partial charge in [-0.2, -0.15) is 0 Å². The van der Waals surface area contributed by atoms with Crippen LogP contribution in [0.4, 0.5) is 8.78 Å². The van der Waals surface area contributed by atoms with Crippen molar-refractivity contribution >= 4 is 0 Å². The molecule has 27 heavy (non-hydrogen) atoms. The van der Waals surface area contributed by atoms with Gasteiger partial charge in [-0.25, -0.2) is 8.78 Å². The van der Waals surface area contributed by atoms with Crippen LogP contribution in [0.1, 0.15) is 56.9 Å². The van der Waals surface area contributed by atoms with E-state index < -0.39 is 5.67 Å². The Labute approximate surface area is 160 Å². The van der Waals surface area contributed by atoms with E-state index in [0.717, 1.165) is 37.7 Å². The van der Waals surface area contributed by atoms with Crippen LogP contribution in [0.2, 0.25) is 0 Å². The highest BCUT2D eigenvalue weighted by Gasteiger charge is 2.40. The van der Waals surface area contributed by atoms with Crippen LogP contribution in [-0.4, -0.2) is 31.8 Å². The van der Waals surface area contributed by atoms with E-state index in [-0.39, 0.29) is 37.0 Å². The number of rotatable bonds is 7. The summed E-state index contributed by atoms with van der Waals surface area (Å²) in [6.07, 6.45) is 6.35. The number of hydrogen-bond acceptors (Lipinski definition) is 3. The molecular formula is C22H30F2O3. The average molecular weight is 380 g/mol. The van der Waals surface area contributed by atoms with E-state index in [1.165, 1.54) is 0 Å². The van der Waals surface area contributed by atoms with Crippen LogP contribution in [0.15, 0.2) is 30.9 Å². The Morgan fingerprint density at radius 1 is 1.22 bits per heavy atom. The summed E-state index contributed by atoms with van der Waals surface area (Å²) in [5.74, 6) is 0.546. The van der Waals surface area contributed by atoms with E-state index in [2.05, 4.69) is 6.58 Å². The molecule has 1 aliphatic heterocycles. The Morgan fingerprint density at radius 3 is 2.52 bits per heavy atom. The van der Waals surface area contributed by atoms with Crippen LogP contribution in [0, 0.1) is 11.7 Å². The molecule has 1 saturated heterocycles. The van der Waals surface area contributed by atoms with Crippen LogP contribution in [0.5, 0.6) is 5.75 Å². The van der Waals surface area contributed by atoms with Crippen LogP contribution < -0.4 is 4.74 Å². The number of ether oxygens (including phenoxy) is 3. The molecule has 1 aromatic carbocycles. The minimum Gasteiger partial charge on any atom is -0.486 e. The summed E-state index contributed by atoms with van der Waals surface area (Å²) in [5.41, 5.74) is -0.330. The number of hydrogen-bond donors (Lipinski definition) is 0. The Balaban J connectivity index is 1.51. The van der Waals surface area contributed by atoms with Gasteiger partial charge in [0.05, 0.1) is 13.2 Å². The largest absolute Gasteiger partial charge is 0.486 e. The van der Waals surface area contributed by atoms with Gasteiger partial charge in [-0.3, -0.25) is 0 Å². The second kappa shape index (κ2) is 9.16. The maximum atomic E-state index is 14.4. The van der Waals surface area contributed by atoms with Crippen molar-refractivity contribution < 1.29 is 23.0 Å². The smallest absolute Gasteiger partial charge is 0.165 e.